The van der Waals surface area contributed by atoms with Crippen molar-refractivity contribution in [3.63, 3.8) is 0 Å². The van der Waals surface area contributed by atoms with Gasteiger partial charge in [-0.2, -0.15) is 0 Å². The van der Waals surface area contributed by atoms with Gasteiger partial charge >= 0.3 is 12.1 Å². The Morgan fingerprint density at radius 3 is 2.42 bits per heavy atom. The Kier molecular flexibility index (Phi) is 4.45. The molecule has 1 saturated heterocycles. The minimum atomic E-state index is -0.889. The Hall–Kier alpha value is -1.30. The number of hydrogen-bond donors (Lipinski definition) is 0. The zero-order valence-corrected chi connectivity index (χ0v) is 12.5. The quantitative estimate of drug-likeness (QED) is 0.719. The first kappa shape index (κ1) is 15.8. The van der Waals surface area contributed by atoms with Gasteiger partial charge in [0.25, 0.3) is 0 Å². The van der Waals surface area contributed by atoms with Crippen LogP contribution in [0.2, 0.25) is 0 Å². The summed E-state index contributed by atoms with van der Waals surface area (Å²) >= 11 is 0. The van der Waals surface area contributed by atoms with Crippen molar-refractivity contribution in [1.29, 1.82) is 0 Å². The Morgan fingerprint density at radius 2 is 1.95 bits per heavy atom. The minimum Gasteiger partial charge on any atom is -0.464 e. The average molecular weight is 273 g/mol. The molecule has 1 aliphatic heterocycles. The molecule has 19 heavy (non-hydrogen) atoms. The first-order valence-corrected chi connectivity index (χ1v) is 6.41. The number of rotatable bonds is 2. The van der Waals surface area contributed by atoms with Gasteiger partial charge in [0.1, 0.15) is 11.3 Å². The molecule has 1 rings (SSSR count). The number of ether oxygens (including phenoxy) is 3. The topological polar surface area (TPSA) is 65.1 Å². The summed E-state index contributed by atoms with van der Waals surface area (Å²) in [6, 6.07) is -0.759. The first-order chi connectivity index (χ1) is 8.58. The normalized spacial score (nSPS) is 22.2. The van der Waals surface area contributed by atoms with Gasteiger partial charge in [0.05, 0.1) is 13.2 Å². The molecule has 1 amide bonds. The molecule has 0 bridgehead atoms. The van der Waals surface area contributed by atoms with E-state index in [0.717, 1.165) is 0 Å². The van der Waals surface area contributed by atoms with Gasteiger partial charge < -0.3 is 14.2 Å². The van der Waals surface area contributed by atoms with Crippen molar-refractivity contribution in [2.24, 2.45) is 0 Å². The fourth-order valence-electron chi connectivity index (χ4n) is 1.87. The van der Waals surface area contributed by atoms with E-state index in [4.69, 9.17) is 14.2 Å². The van der Waals surface area contributed by atoms with E-state index in [1.807, 2.05) is 0 Å². The van der Waals surface area contributed by atoms with Gasteiger partial charge in [0.2, 0.25) is 0 Å². The number of esters is 1. The first-order valence-electron chi connectivity index (χ1n) is 6.41. The van der Waals surface area contributed by atoms with Crippen molar-refractivity contribution in [1.82, 2.24) is 4.90 Å². The monoisotopic (exact) mass is 273 g/mol. The molecule has 1 heterocycles. The Bertz CT molecular complexity index is 359. The Morgan fingerprint density at radius 1 is 1.37 bits per heavy atom. The number of nitrogens with zero attached hydrogens (tertiary/aromatic N) is 1. The van der Waals surface area contributed by atoms with E-state index in [1.165, 1.54) is 4.90 Å². The molecule has 110 valence electrons. The summed E-state index contributed by atoms with van der Waals surface area (Å²) in [6.07, 6.45) is -0.576. The van der Waals surface area contributed by atoms with Crippen LogP contribution in [0.25, 0.3) is 0 Å². The molecule has 1 atom stereocenters. The maximum Gasteiger partial charge on any atom is 0.413 e. The molecule has 1 unspecified atom stereocenters. The lowest BCUT2D eigenvalue weighted by Gasteiger charge is -2.34. The SMILES string of the molecule is CCOC(=O)C1COC(C)(C)N1C(=O)OC(C)(C)C. The second-order valence-corrected chi connectivity index (χ2v) is 5.88. The molecule has 0 N–H and O–H groups in total. The fourth-order valence-corrected chi connectivity index (χ4v) is 1.87. The summed E-state index contributed by atoms with van der Waals surface area (Å²) < 4.78 is 15.8. The maximum absolute atomic E-state index is 12.2. The van der Waals surface area contributed by atoms with E-state index in [1.54, 1.807) is 41.5 Å². The second kappa shape index (κ2) is 5.36. The fraction of sp³-hybridized carbons (Fsp3) is 0.846. The lowest BCUT2D eigenvalue weighted by molar-refractivity contribution is -0.149. The van der Waals surface area contributed by atoms with Crippen molar-refractivity contribution >= 4 is 12.1 Å². The highest BCUT2D eigenvalue weighted by molar-refractivity contribution is 5.82. The van der Waals surface area contributed by atoms with Crippen LogP contribution in [-0.4, -0.2) is 47.5 Å². The van der Waals surface area contributed by atoms with E-state index in [9.17, 15) is 9.59 Å². The molecule has 6 heteroatoms. The zero-order valence-electron chi connectivity index (χ0n) is 12.5. The molecular formula is C13H23NO5. The molecule has 0 aromatic rings. The van der Waals surface area contributed by atoms with E-state index < -0.39 is 29.4 Å². The zero-order chi connectivity index (χ0) is 14.8. The van der Waals surface area contributed by atoms with Crippen LogP contribution in [0.4, 0.5) is 4.79 Å². The molecule has 0 radical (unpaired) electrons. The lowest BCUT2D eigenvalue weighted by atomic mass is 10.2. The van der Waals surface area contributed by atoms with Crippen molar-refractivity contribution in [3.8, 4) is 0 Å². The largest absolute Gasteiger partial charge is 0.464 e. The van der Waals surface area contributed by atoms with Crippen molar-refractivity contribution in [2.45, 2.75) is 58.9 Å². The third-order valence-electron chi connectivity index (χ3n) is 2.64. The van der Waals surface area contributed by atoms with Crippen LogP contribution in [0.5, 0.6) is 0 Å². The third kappa shape index (κ3) is 3.83. The summed E-state index contributed by atoms with van der Waals surface area (Å²) in [6.45, 7) is 10.8. The maximum atomic E-state index is 12.2. The summed E-state index contributed by atoms with van der Waals surface area (Å²) in [4.78, 5) is 25.4. The summed E-state index contributed by atoms with van der Waals surface area (Å²) in [7, 11) is 0. The van der Waals surface area contributed by atoms with E-state index in [-0.39, 0.29) is 13.2 Å². The van der Waals surface area contributed by atoms with Crippen LogP contribution in [0.1, 0.15) is 41.5 Å². The molecule has 0 spiro atoms. The highest BCUT2D eigenvalue weighted by atomic mass is 16.6. The minimum absolute atomic E-state index is 0.116. The van der Waals surface area contributed by atoms with Crippen LogP contribution in [0.15, 0.2) is 0 Å². The molecular weight excluding hydrogens is 250 g/mol. The predicted molar refractivity (Wildman–Crippen MR) is 68.5 cm³/mol. The highest BCUT2D eigenvalue weighted by Gasteiger charge is 2.49. The number of hydrogen-bond acceptors (Lipinski definition) is 5. The predicted octanol–water partition coefficient (Wildman–Crippen LogP) is 1.92. The lowest BCUT2D eigenvalue weighted by Crippen LogP contribution is -2.52. The van der Waals surface area contributed by atoms with Crippen molar-refractivity contribution in [3.05, 3.63) is 0 Å². The van der Waals surface area contributed by atoms with E-state index in [0.29, 0.717) is 0 Å². The van der Waals surface area contributed by atoms with Gasteiger partial charge in [-0.3, -0.25) is 4.90 Å². The van der Waals surface area contributed by atoms with Crippen molar-refractivity contribution in [2.75, 3.05) is 13.2 Å². The average Bonchev–Trinajstić information content (AvgIpc) is 2.51. The van der Waals surface area contributed by atoms with E-state index >= 15 is 0 Å². The molecule has 0 aliphatic carbocycles. The van der Waals surface area contributed by atoms with Crippen molar-refractivity contribution < 1.29 is 23.8 Å². The molecule has 1 fully saturated rings. The second-order valence-electron chi connectivity index (χ2n) is 5.88. The highest BCUT2D eigenvalue weighted by Crippen LogP contribution is 2.29. The van der Waals surface area contributed by atoms with Gasteiger partial charge in [0.15, 0.2) is 6.04 Å². The van der Waals surface area contributed by atoms with E-state index in [2.05, 4.69) is 0 Å². The smallest absolute Gasteiger partial charge is 0.413 e. The molecule has 0 aromatic carbocycles. The standard InChI is InChI=1S/C13H23NO5/c1-7-17-10(15)9-8-18-13(5,6)14(9)11(16)19-12(2,3)4/h9H,7-8H2,1-6H3. The van der Waals surface area contributed by atoms with Gasteiger partial charge in [-0.15, -0.1) is 0 Å². The Labute approximate surface area is 114 Å². The van der Waals surface area contributed by atoms with Crippen LogP contribution < -0.4 is 0 Å². The summed E-state index contributed by atoms with van der Waals surface area (Å²) in [5, 5.41) is 0. The van der Waals surface area contributed by atoms with Crippen LogP contribution in [0, 0.1) is 0 Å². The molecule has 0 saturated carbocycles. The Balaban J connectivity index is 2.90. The van der Waals surface area contributed by atoms with Crippen LogP contribution in [0.3, 0.4) is 0 Å². The number of amides is 1. The molecule has 0 aromatic heterocycles. The van der Waals surface area contributed by atoms with Gasteiger partial charge in [-0.1, -0.05) is 0 Å². The van der Waals surface area contributed by atoms with Crippen LogP contribution >= 0.6 is 0 Å². The third-order valence-corrected chi connectivity index (χ3v) is 2.64. The van der Waals surface area contributed by atoms with Gasteiger partial charge in [-0.05, 0) is 41.5 Å². The van der Waals surface area contributed by atoms with Crippen LogP contribution in [-0.2, 0) is 19.0 Å². The summed E-state index contributed by atoms with van der Waals surface area (Å²) in [5.74, 6) is -0.473. The number of carbonyl (C=O) groups is 2. The molecule has 6 nitrogen and oxygen atoms in total. The number of carbonyl (C=O) groups excluding carboxylic acids is 2. The van der Waals surface area contributed by atoms with Gasteiger partial charge in [0, 0.05) is 0 Å². The van der Waals surface area contributed by atoms with Gasteiger partial charge in [-0.25, -0.2) is 9.59 Å². The molecule has 1 aliphatic rings. The summed E-state index contributed by atoms with van der Waals surface area (Å²) in [5.41, 5.74) is -1.52.